The molecule has 0 spiro atoms. The molecule has 0 amide bonds. The quantitative estimate of drug-likeness (QED) is 0.840. The zero-order valence-corrected chi connectivity index (χ0v) is 10.8. The van der Waals surface area contributed by atoms with Crippen molar-refractivity contribution >= 4 is 11.0 Å². The molecule has 1 unspecified atom stereocenters. The number of aliphatic hydroxyl groups is 1. The highest BCUT2D eigenvalue weighted by molar-refractivity contribution is 5.78. The number of benzene rings is 1. The van der Waals surface area contributed by atoms with E-state index in [0.29, 0.717) is 5.39 Å². The Morgan fingerprint density at radius 2 is 1.90 bits per heavy atom. The number of hydrogen-bond acceptors (Lipinski definition) is 2. The summed E-state index contributed by atoms with van der Waals surface area (Å²) >= 11 is 0. The molecule has 1 aromatic heterocycles. The van der Waals surface area contributed by atoms with Crippen LogP contribution < -0.4 is 0 Å². The van der Waals surface area contributed by atoms with Crippen LogP contribution in [0.2, 0.25) is 0 Å². The maximum absolute atomic E-state index is 13.5. The van der Waals surface area contributed by atoms with Crippen molar-refractivity contribution in [3.8, 4) is 0 Å². The first kappa shape index (κ1) is 14.8. The van der Waals surface area contributed by atoms with Gasteiger partial charge in [0.2, 0.25) is 0 Å². The monoisotopic (exact) mass is 290 g/mol. The van der Waals surface area contributed by atoms with Crippen molar-refractivity contribution in [2.45, 2.75) is 38.0 Å². The molecule has 0 fully saturated rings. The van der Waals surface area contributed by atoms with Gasteiger partial charge in [-0.3, -0.25) is 0 Å². The maximum Gasteiger partial charge on any atom is 0.389 e. The lowest BCUT2D eigenvalue weighted by atomic mass is 9.96. The van der Waals surface area contributed by atoms with Crippen molar-refractivity contribution in [2.75, 3.05) is 0 Å². The van der Waals surface area contributed by atoms with E-state index in [1.807, 2.05) is 0 Å². The standard InChI is InChI=1S/C14H14F4O2/c1-13(19,6-3-7-14(16,17)18)11-8-9-4-2-5-10(15)12(9)20-11/h2,4-5,8,19H,3,6-7H2,1H3. The van der Waals surface area contributed by atoms with Crippen LogP contribution in [0.15, 0.2) is 28.7 Å². The van der Waals surface area contributed by atoms with Crippen LogP contribution in [0.3, 0.4) is 0 Å². The maximum atomic E-state index is 13.5. The first-order chi connectivity index (χ1) is 9.19. The van der Waals surface area contributed by atoms with Crippen LogP contribution >= 0.6 is 0 Å². The molecule has 0 aliphatic carbocycles. The minimum atomic E-state index is -4.25. The van der Waals surface area contributed by atoms with Gasteiger partial charge in [0.1, 0.15) is 11.4 Å². The summed E-state index contributed by atoms with van der Waals surface area (Å²) in [5.74, 6) is -0.500. The third kappa shape index (κ3) is 3.30. The molecule has 2 rings (SSSR count). The van der Waals surface area contributed by atoms with Gasteiger partial charge in [-0.15, -0.1) is 0 Å². The molecule has 6 heteroatoms. The van der Waals surface area contributed by atoms with Crippen LogP contribution in [-0.2, 0) is 5.60 Å². The normalized spacial score (nSPS) is 15.5. The van der Waals surface area contributed by atoms with Crippen LogP contribution in [-0.4, -0.2) is 11.3 Å². The second-order valence-corrected chi connectivity index (χ2v) is 5.01. The Hall–Kier alpha value is -1.56. The van der Waals surface area contributed by atoms with Gasteiger partial charge in [-0.05, 0) is 31.9 Å². The number of alkyl halides is 3. The number of halogens is 4. The van der Waals surface area contributed by atoms with Crippen LogP contribution in [0.4, 0.5) is 17.6 Å². The molecule has 110 valence electrons. The van der Waals surface area contributed by atoms with Gasteiger partial charge < -0.3 is 9.52 Å². The summed E-state index contributed by atoms with van der Waals surface area (Å²) in [4.78, 5) is 0. The Morgan fingerprint density at radius 3 is 2.50 bits per heavy atom. The van der Waals surface area contributed by atoms with Gasteiger partial charge in [-0.25, -0.2) is 4.39 Å². The Labute approximate surface area is 113 Å². The van der Waals surface area contributed by atoms with Crippen molar-refractivity contribution < 1.29 is 27.1 Å². The SMILES string of the molecule is CC(O)(CCCC(F)(F)F)c1cc2cccc(F)c2o1. The molecular formula is C14H14F4O2. The Kier molecular flexibility index (Phi) is 3.77. The zero-order chi connectivity index (χ0) is 15.0. The van der Waals surface area contributed by atoms with Crippen molar-refractivity contribution in [3.63, 3.8) is 0 Å². The Balaban J connectivity index is 2.17. The molecule has 0 saturated carbocycles. The molecule has 1 aromatic carbocycles. The molecule has 0 aliphatic heterocycles. The highest BCUT2D eigenvalue weighted by Crippen LogP contribution is 2.34. The largest absolute Gasteiger partial charge is 0.455 e. The van der Waals surface area contributed by atoms with E-state index in [-0.39, 0.29) is 24.2 Å². The summed E-state index contributed by atoms with van der Waals surface area (Å²) < 4.78 is 55.0. The second-order valence-electron chi connectivity index (χ2n) is 5.01. The van der Waals surface area contributed by atoms with Gasteiger partial charge in [0, 0.05) is 11.8 Å². The van der Waals surface area contributed by atoms with E-state index in [0.717, 1.165) is 0 Å². The van der Waals surface area contributed by atoms with Crippen LogP contribution in [0.25, 0.3) is 11.0 Å². The van der Waals surface area contributed by atoms with Crippen LogP contribution in [0.1, 0.15) is 31.9 Å². The summed E-state index contributed by atoms with van der Waals surface area (Å²) in [5.41, 5.74) is -1.56. The molecule has 1 atom stereocenters. The minimum absolute atomic E-state index is 0.00130. The highest BCUT2D eigenvalue weighted by atomic mass is 19.4. The molecule has 0 saturated heterocycles. The summed E-state index contributed by atoms with van der Waals surface area (Å²) in [6.45, 7) is 1.36. The minimum Gasteiger partial charge on any atom is -0.455 e. The van der Waals surface area contributed by atoms with Gasteiger partial charge in [0.05, 0.1) is 0 Å². The van der Waals surface area contributed by atoms with E-state index in [9.17, 15) is 22.7 Å². The predicted octanol–water partition coefficient (Wildman–Crippen LogP) is 4.51. The fraction of sp³-hybridized carbons (Fsp3) is 0.429. The van der Waals surface area contributed by atoms with Crippen molar-refractivity contribution in [1.29, 1.82) is 0 Å². The van der Waals surface area contributed by atoms with E-state index in [1.165, 1.54) is 25.1 Å². The van der Waals surface area contributed by atoms with Crippen molar-refractivity contribution in [2.24, 2.45) is 0 Å². The average Bonchev–Trinajstić information content (AvgIpc) is 2.73. The third-order valence-electron chi connectivity index (χ3n) is 3.15. The number of fused-ring (bicyclic) bond motifs is 1. The number of rotatable bonds is 4. The van der Waals surface area contributed by atoms with E-state index in [4.69, 9.17) is 4.42 Å². The van der Waals surface area contributed by atoms with Crippen molar-refractivity contribution in [1.82, 2.24) is 0 Å². The first-order valence-electron chi connectivity index (χ1n) is 6.17. The Morgan fingerprint density at radius 1 is 1.20 bits per heavy atom. The topological polar surface area (TPSA) is 33.4 Å². The van der Waals surface area contributed by atoms with Crippen LogP contribution in [0.5, 0.6) is 0 Å². The van der Waals surface area contributed by atoms with Gasteiger partial charge in [0.15, 0.2) is 11.4 Å². The number of para-hydroxylation sites is 1. The molecule has 0 bridgehead atoms. The lowest BCUT2D eigenvalue weighted by molar-refractivity contribution is -0.138. The number of hydrogen-bond donors (Lipinski definition) is 1. The molecular weight excluding hydrogens is 276 g/mol. The molecule has 0 aliphatic rings. The van der Waals surface area contributed by atoms with E-state index in [2.05, 4.69) is 0 Å². The molecule has 0 radical (unpaired) electrons. The molecule has 2 nitrogen and oxygen atoms in total. The average molecular weight is 290 g/mol. The van der Waals surface area contributed by atoms with E-state index >= 15 is 0 Å². The van der Waals surface area contributed by atoms with Gasteiger partial charge in [-0.1, -0.05) is 12.1 Å². The first-order valence-corrected chi connectivity index (χ1v) is 6.17. The molecule has 2 aromatic rings. The fourth-order valence-corrected chi connectivity index (χ4v) is 2.05. The summed E-state index contributed by atoms with van der Waals surface area (Å²) in [7, 11) is 0. The third-order valence-corrected chi connectivity index (χ3v) is 3.15. The fourth-order valence-electron chi connectivity index (χ4n) is 2.05. The molecule has 1 heterocycles. The summed E-state index contributed by atoms with van der Waals surface area (Å²) in [6.07, 6.45) is -5.57. The summed E-state index contributed by atoms with van der Waals surface area (Å²) in [6, 6.07) is 5.77. The highest BCUT2D eigenvalue weighted by Gasteiger charge is 2.31. The smallest absolute Gasteiger partial charge is 0.389 e. The lowest BCUT2D eigenvalue weighted by Gasteiger charge is -2.20. The molecule has 20 heavy (non-hydrogen) atoms. The van der Waals surface area contributed by atoms with Crippen molar-refractivity contribution in [3.05, 3.63) is 35.8 Å². The van der Waals surface area contributed by atoms with Gasteiger partial charge in [-0.2, -0.15) is 13.2 Å². The lowest BCUT2D eigenvalue weighted by Crippen LogP contribution is -2.21. The van der Waals surface area contributed by atoms with Gasteiger partial charge >= 0.3 is 6.18 Å². The van der Waals surface area contributed by atoms with Crippen LogP contribution in [0, 0.1) is 5.82 Å². The van der Waals surface area contributed by atoms with E-state index in [1.54, 1.807) is 6.07 Å². The van der Waals surface area contributed by atoms with E-state index < -0.39 is 24.0 Å². The van der Waals surface area contributed by atoms with Gasteiger partial charge in [0.25, 0.3) is 0 Å². The number of furan rings is 1. The second kappa shape index (κ2) is 5.09. The molecule has 1 N–H and O–H groups in total. The zero-order valence-electron chi connectivity index (χ0n) is 10.8. The predicted molar refractivity (Wildman–Crippen MR) is 65.6 cm³/mol. The summed E-state index contributed by atoms with van der Waals surface area (Å²) in [5, 5.41) is 10.7. The Bertz CT molecular complexity index is 599.